The first kappa shape index (κ1) is 6.29. The Kier molecular flexibility index (Phi) is 1.85. The van der Waals surface area contributed by atoms with Crippen LogP contribution in [-0.4, -0.2) is 5.91 Å². The summed E-state index contributed by atoms with van der Waals surface area (Å²) < 4.78 is 0. The molecule has 1 aromatic rings. The van der Waals surface area contributed by atoms with Crippen molar-refractivity contribution in [3.8, 4) is 0 Å². The van der Waals surface area contributed by atoms with Crippen LogP contribution < -0.4 is 5.73 Å². The van der Waals surface area contributed by atoms with Crippen molar-refractivity contribution in [1.82, 2.24) is 0 Å². The Morgan fingerprint density at radius 1 is 1.78 bits per heavy atom. The number of amides is 1. The largest absolute Gasteiger partial charge is 0.369 e. The van der Waals surface area contributed by atoms with Gasteiger partial charge in [0.05, 0.1) is 6.42 Å². The second-order valence-corrected chi connectivity index (χ2v) is 2.75. The summed E-state index contributed by atoms with van der Waals surface area (Å²) in [5.74, 6) is -0.266. The van der Waals surface area contributed by atoms with Crippen LogP contribution in [0.2, 0.25) is 0 Å². The smallest absolute Gasteiger partial charge is 0.222 e. The van der Waals surface area contributed by atoms with Gasteiger partial charge in [-0.1, -0.05) is 6.07 Å². The Bertz CT molecular complexity index is 193. The lowest BCUT2D eigenvalue weighted by atomic mass is 10.3. The summed E-state index contributed by atoms with van der Waals surface area (Å²) in [7, 11) is 0. The van der Waals surface area contributed by atoms with Crippen LogP contribution in [0.3, 0.4) is 0 Å². The molecule has 0 atom stereocenters. The molecular weight excluding hydrogens is 134 g/mol. The molecule has 48 valence electrons. The Hall–Kier alpha value is -0.830. The molecule has 1 heterocycles. The number of carbonyl (C=O) groups is 1. The van der Waals surface area contributed by atoms with Crippen LogP contribution in [-0.2, 0) is 11.2 Å². The van der Waals surface area contributed by atoms with Gasteiger partial charge in [0.15, 0.2) is 0 Å². The average Bonchev–Trinajstić information content (AvgIpc) is 2.15. The average molecular weight is 141 g/mol. The van der Waals surface area contributed by atoms with E-state index in [9.17, 15) is 4.79 Å². The monoisotopic (exact) mass is 141 g/mol. The first-order chi connectivity index (χ1) is 4.29. The van der Waals surface area contributed by atoms with Crippen molar-refractivity contribution in [2.24, 2.45) is 5.73 Å². The fourth-order valence-corrected chi connectivity index (χ4v) is 1.30. The maximum Gasteiger partial charge on any atom is 0.222 e. The number of primary amides is 1. The van der Waals surface area contributed by atoms with Gasteiger partial charge >= 0.3 is 0 Å². The number of thiophene rings is 1. The standard InChI is InChI=1S/C6H7NOS/c7-6(8)4-5-2-1-3-9-5/h1-3H,4H2,(H2,7,8). The van der Waals surface area contributed by atoms with Crippen LogP contribution >= 0.6 is 11.3 Å². The van der Waals surface area contributed by atoms with Gasteiger partial charge in [0.25, 0.3) is 0 Å². The van der Waals surface area contributed by atoms with E-state index in [1.54, 1.807) is 11.3 Å². The number of hydrogen-bond acceptors (Lipinski definition) is 2. The molecule has 1 rings (SSSR count). The van der Waals surface area contributed by atoms with Crippen LogP contribution in [0, 0.1) is 0 Å². The quantitative estimate of drug-likeness (QED) is 0.649. The van der Waals surface area contributed by atoms with Gasteiger partial charge in [-0.25, -0.2) is 0 Å². The van der Waals surface area contributed by atoms with Gasteiger partial charge in [-0.2, -0.15) is 0 Å². The molecule has 0 aliphatic rings. The van der Waals surface area contributed by atoms with Gasteiger partial charge in [0.1, 0.15) is 0 Å². The van der Waals surface area contributed by atoms with Gasteiger partial charge in [-0.15, -0.1) is 11.3 Å². The van der Waals surface area contributed by atoms with Gasteiger partial charge in [-0.3, -0.25) is 4.79 Å². The van der Waals surface area contributed by atoms with Crippen molar-refractivity contribution >= 4 is 17.2 Å². The van der Waals surface area contributed by atoms with Crippen LogP contribution in [0.4, 0.5) is 0 Å². The molecule has 1 amide bonds. The molecule has 0 unspecified atom stereocenters. The molecule has 0 aliphatic heterocycles. The van der Waals surface area contributed by atoms with E-state index in [4.69, 9.17) is 5.73 Å². The van der Waals surface area contributed by atoms with Crippen molar-refractivity contribution in [3.05, 3.63) is 22.4 Å². The first-order valence-electron chi connectivity index (χ1n) is 2.60. The zero-order chi connectivity index (χ0) is 6.69. The van der Waals surface area contributed by atoms with Crippen molar-refractivity contribution in [2.45, 2.75) is 6.42 Å². The molecule has 0 saturated heterocycles. The number of hydrogen-bond donors (Lipinski definition) is 1. The minimum atomic E-state index is -0.266. The lowest BCUT2D eigenvalue weighted by Crippen LogP contribution is -2.12. The van der Waals surface area contributed by atoms with Gasteiger partial charge in [0, 0.05) is 4.88 Å². The lowest BCUT2D eigenvalue weighted by Gasteiger charge is -1.86. The summed E-state index contributed by atoms with van der Waals surface area (Å²) in [4.78, 5) is 11.3. The first-order valence-corrected chi connectivity index (χ1v) is 3.47. The molecule has 0 aliphatic carbocycles. The molecule has 1 aromatic heterocycles. The molecule has 3 heteroatoms. The third-order valence-corrected chi connectivity index (χ3v) is 1.80. The van der Waals surface area contributed by atoms with Crippen molar-refractivity contribution < 1.29 is 4.79 Å². The summed E-state index contributed by atoms with van der Waals surface area (Å²) in [5.41, 5.74) is 4.95. The van der Waals surface area contributed by atoms with Crippen LogP contribution in [0.1, 0.15) is 4.88 Å². The van der Waals surface area contributed by atoms with Crippen LogP contribution in [0.25, 0.3) is 0 Å². The molecule has 0 radical (unpaired) electrons. The summed E-state index contributed by atoms with van der Waals surface area (Å²) in [5, 5.41) is 1.93. The minimum absolute atomic E-state index is 0.266. The lowest BCUT2D eigenvalue weighted by molar-refractivity contribution is -0.117. The van der Waals surface area contributed by atoms with E-state index in [0.29, 0.717) is 6.42 Å². The van der Waals surface area contributed by atoms with E-state index in [2.05, 4.69) is 0 Å². The molecule has 0 fully saturated rings. The van der Waals surface area contributed by atoms with Crippen LogP contribution in [0.15, 0.2) is 17.5 Å². The van der Waals surface area contributed by atoms with Crippen molar-refractivity contribution in [1.29, 1.82) is 0 Å². The predicted molar refractivity (Wildman–Crippen MR) is 37.2 cm³/mol. The highest BCUT2D eigenvalue weighted by atomic mass is 32.1. The molecule has 9 heavy (non-hydrogen) atoms. The normalized spacial score (nSPS) is 9.33. The maximum atomic E-state index is 10.3. The highest BCUT2D eigenvalue weighted by molar-refractivity contribution is 7.10. The van der Waals surface area contributed by atoms with Gasteiger partial charge < -0.3 is 5.73 Å². The Morgan fingerprint density at radius 3 is 3.00 bits per heavy atom. The molecule has 0 spiro atoms. The van der Waals surface area contributed by atoms with Gasteiger partial charge in [0.2, 0.25) is 5.91 Å². The van der Waals surface area contributed by atoms with E-state index in [-0.39, 0.29) is 5.91 Å². The third-order valence-electron chi connectivity index (χ3n) is 0.929. The van der Waals surface area contributed by atoms with Gasteiger partial charge in [-0.05, 0) is 11.4 Å². The second-order valence-electron chi connectivity index (χ2n) is 1.72. The summed E-state index contributed by atoms with van der Waals surface area (Å²) in [6.07, 6.45) is 0.373. The molecule has 2 N–H and O–H groups in total. The van der Waals surface area contributed by atoms with Crippen molar-refractivity contribution in [3.63, 3.8) is 0 Å². The Morgan fingerprint density at radius 2 is 2.56 bits per heavy atom. The molecule has 0 bridgehead atoms. The van der Waals surface area contributed by atoms with E-state index in [1.165, 1.54) is 0 Å². The highest BCUT2D eigenvalue weighted by Crippen LogP contribution is 2.07. The summed E-state index contributed by atoms with van der Waals surface area (Å²) in [6, 6.07) is 3.80. The SMILES string of the molecule is NC(=O)Cc1cccs1. The van der Waals surface area contributed by atoms with E-state index in [0.717, 1.165) is 4.88 Å². The minimum Gasteiger partial charge on any atom is -0.369 e. The molecular formula is C6H7NOS. The zero-order valence-electron chi connectivity index (χ0n) is 4.83. The van der Waals surface area contributed by atoms with E-state index >= 15 is 0 Å². The highest BCUT2D eigenvalue weighted by Gasteiger charge is 1.96. The zero-order valence-corrected chi connectivity index (χ0v) is 5.65. The van der Waals surface area contributed by atoms with E-state index in [1.807, 2.05) is 17.5 Å². The molecule has 2 nitrogen and oxygen atoms in total. The van der Waals surface area contributed by atoms with Crippen LogP contribution in [0.5, 0.6) is 0 Å². The third kappa shape index (κ3) is 1.85. The Balaban J connectivity index is 2.58. The molecule has 0 aromatic carbocycles. The summed E-state index contributed by atoms with van der Waals surface area (Å²) in [6.45, 7) is 0. The second kappa shape index (κ2) is 2.64. The fourth-order valence-electron chi connectivity index (χ4n) is 0.585. The molecule has 0 saturated carbocycles. The van der Waals surface area contributed by atoms with E-state index < -0.39 is 0 Å². The topological polar surface area (TPSA) is 43.1 Å². The maximum absolute atomic E-state index is 10.3. The number of rotatable bonds is 2. The fraction of sp³-hybridized carbons (Fsp3) is 0.167. The Labute approximate surface area is 57.3 Å². The van der Waals surface area contributed by atoms with Crippen molar-refractivity contribution in [2.75, 3.05) is 0 Å². The number of nitrogens with two attached hydrogens (primary N) is 1. The number of carbonyl (C=O) groups excluding carboxylic acids is 1. The predicted octanol–water partition coefficient (Wildman–Crippen LogP) is 0.776. The summed E-state index contributed by atoms with van der Waals surface area (Å²) >= 11 is 1.55.